The summed E-state index contributed by atoms with van der Waals surface area (Å²) in [5.74, 6) is -1.01. The number of primary amides is 1. The lowest BCUT2D eigenvalue weighted by Crippen LogP contribution is -2.51. The first-order valence-corrected chi connectivity index (χ1v) is 11.5. The number of pyridine rings is 1. The maximum absolute atomic E-state index is 12.7. The Bertz CT molecular complexity index is 1260. The number of nitrogens with two attached hydrogens (primary N) is 2. The zero-order valence-corrected chi connectivity index (χ0v) is 19.3. The minimum Gasteiger partial charge on any atom is -0.368 e. The van der Waals surface area contributed by atoms with Gasteiger partial charge in [0.25, 0.3) is 0 Å². The van der Waals surface area contributed by atoms with Gasteiger partial charge in [-0.05, 0) is 51.9 Å². The highest BCUT2D eigenvalue weighted by Crippen LogP contribution is 2.20. The van der Waals surface area contributed by atoms with E-state index in [1.54, 1.807) is 12.4 Å². The number of carbonyl (C=O) groups is 2. The van der Waals surface area contributed by atoms with Crippen molar-refractivity contribution in [2.75, 3.05) is 0 Å². The highest BCUT2D eigenvalue weighted by atomic mass is 16.2. The first-order chi connectivity index (χ1) is 17.0. The normalized spacial score (nSPS) is 12.5. The minimum absolute atomic E-state index is 0.295. The van der Waals surface area contributed by atoms with E-state index in [0.717, 1.165) is 33.4 Å². The van der Waals surface area contributed by atoms with Crippen LogP contribution >= 0.6 is 0 Å². The van der Waals surface area contributed by atoms with Gasteiger partial charge in [0, 0.05) is 18.8 Å². The van der Waals surface area contributed by atoms with Gasteiger partial charge >= 0.3 is 0 Å². The van der Waals surface area contributed by atoms with E-state index < -0.39 is 23.9 Å². The summed E-state index contributed by atoms with van der Waals surface area (Å²) in [6.07, 6.45) is 4.13. The second-order valence-corrected chi connectivity index (χ2v) is 8.47. The molecule has 0 saturated carbocycles. The van der Waals surface area contributed by atoms with Crippen LogP contribution in [0.4, 0.5) is 0 Å². The van der Waals surface area contributed by atoms with Gasteiger partial charge in [-0.25, -0.2) is 0 Å². The molecular weight excluding hydrogens is 436 g/mol. The number of nitrogens with one attached hydrogen (secondary N) is 1. The Morgan fingerprint density at radius 2 is 1.17 bits per heavy atom. The molecule has 4 rings (SSSR count). The van der Waals surface area contributed by atoms with Crippen LogP contribution in [0, 0.1) is 0 Å². The molecule has 1 aromatic heterocycles. The predicted molar refractivity (Wildman–Crippen MR) is 138 cm³/mol. The number of hydrogen-bond donors (Lipinski definition) is 3. The molecule has 4 aromatic rings. The average Bonchev–Trinajstić information content (AvgIpc) is 2.90. The lowest BCUT2D eigenvalue weighted by Gasteiger charge is -2.19. The number of nitrogens with zero attached hydrogens (tertiary/aromatic N) is 1. The first kappa shape index (κ1) is 23.9. The molecule has 0 spiro atoms. The average molecular weight is 465 g/mol. The fourth-order valence-corrected chi connectivity index (χ4v) is 3.93. The molecule has 5 N–H and O–H groups in total. The van der Waals surface area contributed by atoms with E-state index in [2.05, 4.69) is 10.3 Å². The van der Waals surface area contributed by atoms with Crippen LogP contribution in [0.1, 0.15) is 11.1 Å². The molecule has 0 radical (unpaired) electrons. The molecule has 2 amide bonds. The van der Waals surface area contributed by atoms with E-state index in [0.29, 0.717) is 12.8 Å². The molecule has 0 aliphatic carbocycles. The Morgan fingerprint density at radius 3 is 1.71 bits per heavy atom. The zero-order valence-electron chi connectivity index (χ0n) is 19.3. The predicted octanol–water partition coefficient (Wildman–Crippen LogP) is 3.50. The standard InChI is InChI=1S/C29H28N4O2/c30-26(18-20-6-10-24(11-7-20)25-14-16-32-17-15-25)29(35)33-27(28(31)34)19-21-8-12-23(13-9-21)22-4-2-1-3-5-22/h1-17,26-27H,18-19,30H2,(H2,31,34)(H,33,35)/t26-,27+/m0/s1. The highest BCUT2D eigenvalue weighted by Gasteiger charge is 2.22. The number of benzene rings is 3. The fraction of sp³-hybridized carbons (Fsp3) is 0.138. The SMILES string of the molecule is NC(=O)[C@@H](Cc1ccc(-c2ccccc2)cc1)NC(=O)[C@@H](N)Cc1ccc(-c2ccncc2)cc1. The van der Waals surface area contributed by atoms with E-state index in [9.17, 15) is 9.59 Å². The van der Waals surface area contributed by atoms with Gasteiger partial charge in [-0.2, -0.15) is 0 Å². The van der Waals surface area contributed by atoms with Gasteiger partial charge < -0.3 is 16.8 Å². The molecule has 35 heavy (non-hydrogen) atoms. The summed E-state index contributed by atoms with van der Waals surface area (Å²) in [6.45, 7) is 0. The van der Waals surface area contributed by atoms with Crippen LogP contribution in [0.5, 0.6) is 0 Å². The number of rotatable bonds is 9. The number of aromatic nitrogens is 1. The molecule has 6 heteroatoms. The van der Waals surface area contributed by atoms with Crippen molar-refractivity contribution in [1.82, 2.24) is 10.3 Å². The van der Waals surface area contributed by atoms with Gasteiger partial charge in [-0.3, -0.25) is 14.6 Å². The molecule has 0 saturated heterocycles. The van der Waals surface area contributed by atoms with Crippen LogP contribution < -0.4 is 16.8 Å². The van der Waals surface area contributed by atoms with Crippen molar-refractivity contribution in [3.8, 4) is 22.3 Å². The molecule has 176 valence electrons. The smallest absolute Gasteiger partial charge is 0.240 e. The second-order valence-electron chi connectivity index (χ2n) is 8.47. The van der Waals surface area contributed by atoms with Gasteiger partial charge in [0.15, 0.2) is 0 Å². The van der Waals surface area contributed by atoms with E-state index in [1.807, 2.05) is 91.0 Å². The monoisotopic (exact) mass is 464 g/mol. The number of hydrogen-bond acceptors (Lipinski definition) is 4. The van der Waals surface area contributed by atoms with Crippen LogP contribution in [0.3, 0.4) is 0 Å². The molecule has 0 aliphatic rings. The van der Waals surface area contributed by atoms with Crippen molar-refractivity contribution in [2.45, 2.75) is 24.9 Å². The molecule has 1 heterocycles. The highest BCUT2D eigenvalue weighted by molar-refractivity contribution is 5.89. The topological polar surface area (TPSA) is 111 Å². The third kappa shape index (κ3) is 6.40. The van der Waals surface area contributed by atoms with Gasteiger partial charge in [0.05, 0.1) is 6.04 Å². The summed E-state index contributed by atoms with van der Waals surface area (Å²) >= 11 is 0. The van der Waals surface area contributed by atoms with Crippen LogP contribution in [0.15, 0.2) is 103 Å². The largest absolute Gasteiger partial charge is 0.368 e. The van der Waals surface area contributed by atoms with Gasteiger partial charge in [0.1, 0.15) is 6.04 Å². The second kappa shape index (κ2) is 11.2. The molecule has 3 aromatic carbocycles. The third-order valence-electron chi connectivity index (χ3n) is 5.92. The van der Waals surface area contributed by atoms with Crippen LogP contribution in [-0.4, -0.2) is 28.9 Å². The number of amides is 2. The Labute approximate surface area is 205 Å². The van der Waals surface area contributed by atoms with Crippen LogP contribution in [0.25, 0.3) is 22.3 Å². The first-order valence-electron chi connectivity index (χ1n) is 11.5. The molecule has 2 atom stereocenters. The Balaban J connectivity index is 1.35. The molecular formula is C29H28N4O2. The maximum atomic E-state index is 12.7. The summed E-state index contributed by atoms with van der Waals surface area (Å²) in [7, 11) is 0. The maximum Gasteiger partial charge on any atom is 0.240 e. The van der Waals surface area contributed by atoms with Crippen molar-refractivity contribution in [1.29, 1.82) is 0 Å². The Morgan fingerprint density at radius 1 is 0.686 bits per heavy atom. The molecule has 6 nitrogen and oxygen atoms in total. The third-order valence-corrected chi connectivity index (χ3v) is 5.92. The molecule has 0 aliphatic heterocycles. The summed E-state index contributed by atoms with van der Waals surface area (Å²) in [5, 5.41) is 2.72. The van der Waals surface area contributed by atoms with Crippen molar-refractivity contribution < 1.29 is 9.59 Å². The van der Waals surface area contributed by atoms with Crippen molar-refractivity contribution in [3.05, 3.63) is 115 Å². The summed E-state index contributed by atoms with van der Waals surface area (Å²) < 4.78 is 0. The number of carbonyl (C=O) groups excluding carboxylic acids is 2. The van der Waals surface area contributed by atoms with Crippen molar-refractivity contribution >= 4 is 11.8 Å². The fourth-order valence-electron chi connectivity index (χ4n) is 3.93. The lowest BCUT2D eigenvalue weighted by molar-refractivity contribution is -0.128. The van der Waals surface area contributed by atoms with Gasteiger partial charge in [0.2, 0.25) is 11.8 Å². The van der Waals surface area contributed by atoms with E-state index in [4.69, 9.17) is 11.5 Å². The minimum atomic E-state index is -0.842. The van der Waals surface area contributed by atoms with E-state index in [1.165, 1.54) is 0 Å². The lowest BCUT2D eigenvalue weighted by atomic mass is 9.99. The van der Waals surface area contributed by atoms with Gasteiger partial charge in [-0.15, -0.1) is 0 Å². The van der Waals surface area contributed by atoms with Crippen LogP contribution in [-0.2, 0) is 22.4 Å². The zero-order chi connectivity index (χ0) is 24.6. The summed E-state index contributed by atoms with van der Waals surface area (Å²) in [5.41, 5.74) is 17.9. The Hall–Kier alpha value is -4.29. The Kier molecular flexibility index (Phi) is 7.65. The quantitative estimate of drug-likeness (QED) is 0.352. The van der Waals surface area contributed by atoms with E-state index in [-0.39, 0.29) is 0 Å². The van der Waals surface area contributed by atoms with Crippen molar-refractivity contribution in [2.24, 2.45) is 11.5 Å². The van der Waals surface area contributed by atoms with Gasteiger partial charge in [-0.1, -0.05) is 78.9 Å². The van der Waals surface area contributed by atoms with Crippen molar-refractivity contribution in [3.63, 3.8) is 0 Å². The van der Waals surface area contributed by atoms with Crippen LogP contribution in [0.2, 0.25) is 0 Å². The molecule has 0 bridgehead atoms. The van der Waals surface area contributed by atoms with E-state index >= 15 is 0 Å². The summed E-state index contributed by atoms with van der Waals surface area (Å²) in [6, 6.07) is 28.0. The molecule has 0 unspecified atom stereocenters. The molecule has 0 fully saturated rings. The summed E-state index contributed by atoms with van der Waals surface area (Å²) in [4.78, 5) is 28.8.